The number of aliphatic carboxylic acids is 1. The summed E-state index contributed by atoms with van der Waals surface area (Å²) in [5.74, 6) is -2.81. The minimum atomic E-state index is -3.99. The summed E-state index contributed by atoms with van der Waals surface area (Å²) in [6.07, 6.45) is 2.51. The molecule has 2 aliphatic heterocycles. The summed E-state index contributed by atoms with van der Waals surface area (Å²) in [4.78, 5) is 40.7. The maximum Gasteiger partial charge on any atom is 0.338 e. The lowest BCUT2D eigenvalue weighted by Gasteiger charge is -2.37. The van der Waals surface area contributed by atoms with Crippen molar-refractivity contribution in [1.29, 1.82) is 0 Å². The second kappa shape index (κ2) is 6.67. The Morgan fingerprint density at radius 3 is 2.68 bits per heavy atom. The van der Waals surface area contributed by atoms with E-state index in [2.05, 4.69) is 4.98 Å². The predicted molar refractivity (Wildman–Crippen MR) is 94.6 cm³/mol. The lowest BCUT2D eigenvalue weighted by Crippen LogP contribution is -2.58. The second-order valence-electron chi connectivity index (χ2n) is 6.88. The van der Waals surface area contributed by atoms with Gasteiger partial charge in [-0.2, -0.15) is 0 Å². The highest BCUT2D eigenvalue weighted by Gasteiger charge is 2.70. The Morgan fingerprint density at radius 1 is 1.39 bits per heavy atom. The Hall–Kier alpha value is -2.79. The summed E-state index contributed by atoms with van der Waals surface area (Å²) in [5, 5.41) is 16.7. The van der Waals surface area contributed by atoms with E-state index in [4.69, 9.17) is 9.84 Å². The van der Waals surface area contributed by atoms with Crippen LogP contribution in [0.2, 0.25) is 0 Å². The van der Waals surface area contributed by atoms with Gasteiger partial charge in [-0.25, -0.2) is 18.0 Å². The molecule has 28 heavy (non-hydrogen) atoms. The normalized spacial score (nSPS) is 25.9. The number of fused-ring (bicyclic) bond motifs is 1. The maximum atomic E-state index is 12.8. The van der Waals surface area contributed by atoms with Gasteiger partial charge < -0.3 is 19.8 Å². The molecule has 2 fully saturated rings. The number of rotatable bonds is 5. The van der Waals surface area contributed by atoms with E-state index in [0.29, 0.717) is 0 Å². The topological polar surface area (TPSA) is 151 Å². The molecule has 0 aliphatic carbocycles. The number of aromatic nitrogens is 1. The standard InChI is InChI=1S/C17H18N2O8S/c1-17(2)12(15(22)23)19-13(21)11(14(19)28(17,25)26)8-10-7-9(3-4-18-10)16(24)27-6-5-20/h3-4,7-8,12,14,20H,5-6H2,1-2H3,(H,22,23)/b11-8-/t12-,14?/m0/s1. The lowest BCUT2D eigenvalue weighted by atomic mass is 9.95. The number of sulfone groups is 1. The lowest BCUT2D eigenvalue weighted by molar-refractivity contribution is -0.152. The van der Waals surface area contributed by atoms with Crippen LogP contribution in [0, 0.1) is 0 Å². The number of hydrogen-bond donors (Lipinski definition) is 2. The van der Waals surface area contributed by atoms with E-state index in [9.17, 15) is 27.9 Å². The van der Waals surface area contributed by atoms with Crippen molar-refractivity contribution in [3.63, 3.8) is 0 Å². The molecule has 0 saturated carbocycles. The fraction of sp³-hybridized carbons (Fsp3) is 0.412. The van der Waals surface area contributed by atoms with Crippen molar-refractivity contribution < 1.29 is 37.8 Å². The summed E-state index contributed by atoms with van der Waals surface area (Å²) in [5.41, 5.74) is 0.149. The van der Waals surface area contributed by atoms with Crippen LogP contribution in [0.25, 0.3) is 6.08 Å². The summed E-state index contributed by atoms with van der Waals surface area (Å²) in [6, 6.07) is 1.19. The van der Waals surface area contributed by atoms with Crippen LogP contribution in [0.3, 0.4) is 0 Å². The molecule has 0 radical (unpaired) electrons. The Bertz CT molecular complexity index is 998. The van der Waals surface area contributed by atoms with Crippen molar-refractivity contribution in [2.45, 2.75) is 30.0 Å². The molecule has 0 aromatic carbocycles. The molecule has 3 rings (SSSR count). The average molecular weight is 410 g/mol. The van der Waals surface area contributed by atoms with Crippen LogP contribution in [0.15, 0.2) is 23.9 Å². The number of hydrogen-bond acceptors (Lipinski definition) is 8. The monoisotopic (exact) mass is 410 g/mol. The number of esters is 1. The van der Waals surface area contributed by atoms with Crippen LogP contribution in [0.5, 0.6) is 0 Å². The SMILES string of the molecule is CC1(C)[C@H](C(=O)O)N2C(=O)/C(=C/c3cc(C(=O)OCCO)ccn3)C2S1(=O)=O. The smallest absolute Gasteiger partial charge is 0.338 e. The fourth-order valence-corrected chi connectivity index (χ4v) is 5.50. The number of carboxylic acid groups (broad SMARTS) is 1. The van der Waals surface area contributed by atoms with Gasteiger partial charge in [-0.1, -0.05) is 0 Å². The van der Waals surface area contributed by atoms with E-state index < -0.39 is 43.8 Å². The number of carbonyl (C=O) groups is 3. The van der Waals surface area contributed by atoms with Gasteiger partial charge in [0.25, 0.3) is 5.91 Å². The van der Waals surface area contributed by atoms with E-state index in [1.165, 1.54) is 38.3 Å². The third-order valence-electron chi connectivity index (χ3n) is 4.84. The van der Waals surface area contributed by atoms with Crippen LogP contribution in [0.1, 0.15) is 29.9 Å². The molecular weight excluding hydrogens is 392 g/mol. The van der Waals surface area contributed by atoms with Crippen LogP contribution < -0.4 is 0 Å². The second-order valence-corrected chi connectivity index (χ2v) is 9.47. The average Bonchev–Trinajstić information content (AvgIpc) is 2.78. The Labute approximate surface area is 160 Å². The molecule has 11 heteroatoms. The van der Waals surface area contributed by atoms with Gasteiger partial charge in [0.2, 0.25) is 0 Å². The highest BCUT2D eigenvalue weighted by atomic mass is 32.2. The molecule has 2 saturated heterocycles. The van der Waals surface area contributed by atoms with Crippen LogP contribution in [-0.4, -0.2) is 75.7 Å². The van der Waals surface area contributed by atoms with Crippen LogP contribution in [-0.2, 0) is 24.2 Å². The Balaban J connectivity index is 1.97. The number of nitrogens with zero attached hydrogens (tertiary/aromatic N) is 2. The first-order valence-corrected chi connectivity index (χ1v) is 9.83. The first-order valence-electron chi connectivity index (χ1n) is 8.28. The number of aliphatic hydroxyl groups is 1. The molecule has 1 unspecified atom stereocenters. The van der Waals surface area contributed by atoms with Gasteiger partial charge in [-0.3, -0.25) is 9.78 Å². The van der Waals surface area contributed by atoms with Gasteiger partial charge in [0, 0.05) is 6.20 Å². The molecule has 150 valence electrons. The number of carbonyl (C=O) groups excluding carboxylic acids is 2. The van der Waals surface area contributed by atoms with E-state index in [0.717, 1.165) is 4.90 Å². The van der Waals surface area contributed by atoms with Gasteiger partial charge in [-0.05, 0) is 32.1 Å². The molecule has 0 spiro atoms. The fourth-order valence-electron chi connectivity index (χ4n) is 3.38. The van der Waals surface area contributed by atoms with Crippen molar-refractivity contribution in [1.82, 2.24) is 9.88 Å². The van der Waals surface area contributed by atoms with Crippen LogP contribution in [0.4, 0.5) is 0 Å². The van der Waals surface area contributed by atoms with Crippen molar-refractivity contribution >= 4 is 33.8 Å². The van der Waals surface area contributed by atoms with Gasteiger partial charge >= 0.3 is 11.9 Å². The number of carboxylic acids is 1. The van der Waals surface area contributed by atoms with Crippen molar-refractivity contribution in [2.24, 2.45) is 0 Å². The Kier molecular flexibility index (Phi) is 4.76. The highest BCUT2D eigenvalue weighted by Crippen LogP contribution is 2.48. The zero-order valence-corrected chi connectivity index (χ0v) is 15.8. The van der Waals surface area contributed by atoms with E-state index in [1.54, 1.807) is 0 Å². The van der Waals surface area contributed by atoms with Gasteiger partial charge in [-0.15, -0.1) is 0 Å². The summed E-state index contributed by atoms with van der Waals surface area (Å²) in [6.45, 7) is 2.04. The molecule has 1 amide bonds. The molecule has 1 aromatic rings. The molecular formula is C17H18N2O8S. The van der Waals surface area contributed by atoms with Crippen LogP contribution >= 0.6 is 0 Å². The summed E-state index contributed by atoms with van der Waals surface area (Å²) < 4.78 is 28.8. The van der Waals surface area contributed by atoms with Gasteiger partial charge in [0.15, 0.2) is 21.3 Å². The Morgan fingerprint density at radius 2 is 2.07 bits per heavy atom. The zero-order chi connectivity index (χ0) is 20.9. The van der Waals surface area contributed by atoms with E-state index >= 15 is 0 Å². The van der Waals surface area contributed by atoms with Crippen molar-refractivity contribution in [3.8, 4) is 0 Å². The minimum absolute atomic E-state index is 0.106. The summed E-state index contributed by atoms with van der Waals surface area (Å²) in [7, 11) is -3.99. The zero-order valence-electron chi connectivity index (χ0n) is 15.0. The molecule has 2 atom stereocenters. The number of amides is 1. The van der Waals surface area contributed by atoms with E-state index in [1.807, 2.05) is 0 Å². The quantitative estimate of drug-likeness (QED) is 0.370. The van der Waals surface area contributed by atoms with Gasteiger partial charge in [0.1, 0.15) is 11.4 Å². The van der Waals surface area contributed by atoms with Gasteiger partial charge in [0.05, 0.1) is 23.4 Å². The number of β-lactam (4-membered cyclic amide) rings is 1. The first kappa shape index (κ1) is 20.0. The maximum absolute atomic E-state index is 12.8. The first-order chi connectivity index (χ1) is 13.0. The highest BCUT2D eigenvalue weighted by molar-refractivity contribution is 7.94. The van der Waals surface area contributed by atoms with Crippen molar-refractivity contribution in [2.75, 3.05) is 13.2 Å². The molecule has 2 aliphatic rings. The number of ether oxygens (including phenoxy) is 1. The van der Waals surface area contributed by atoms with E-state index in [-0.39, 0.29) is 30.0 Å². The predicted octanol–water partition coefficient (Wildman–Crippen LogP) is -0.557. The van der Waals surface area contributed by atoms with Crippen molar-refractivity contribution in [3.05, 3.63) is 35.2 Å². The molecule has 10 nitrogen and oxygen atoms in total. The molecule has 1 aromatic heterocycles. The molecule has 2 N–H and O–H groups in total. The molecule has 0 bridgehead atoms. The number of pyridine rings is 1. The minimum Gasteiger partial charge on any atom is -0.480 e. The summed E-state index contributed by atoms with van der Waals surface area (Å²) >= 11 is 0. The third kappa shape index (κ3) is 2.78. The largest absolute Gasteiger partial charge is 0.480 e. The molecule has 3 heterocycles. The number of aliphatic hydroxyl groups excluding tert-OH is 1. The third-order valence-corrected chi connectivity index (χ3v) is 7.60.